The highest BCUT2D eigenvalue weighted by Gasteiger charge is 2.22. The second-order valence-electron chi connectivity index (χ2n) is 6.91. The zero-order chi connectivity index (χ0) is 20.3. The monoisotopic (exact) mass is 405 g/mol. The van der Waals surface area contributed by atoms with Crippen LogP contribution in [0.15, 0.2) is 23.6 Å². The number of hydrogen-bond donors (Lipinski definition) is 2. The Balaban J connectivity index is 1.75. The molecule has 1 unspecified atom stereocenters. The zero-order valence-corrected chi connectivity index (χ0v) is 17.0. The van der Waals surface area contributed by atoms with Crippen LogP contribution < -0.4 is 15.5 Å². The predicted molar refractivity (Wildman–Crippen MR) is 108 cm³/mol. The first-order valence-corrected chi connectivity index (χ1v) is 9.98. The molecule has 0 spiro atoms. The lowest BCUT2D eigenvalue weighted by Crippen LogP contribution is -2.45. The second kappa shape index (κ2) is 8.66. The quantitative estimate of drug-likeness (QED) is 0.799. The van der Waals surface area contributed by atoms with Crippen molar-refractivity contribution in [3.8, 4) is 0 Å². The maximum atomic E-state index is 13.9. The molecule has 0 aliphatic carbocycles. The lowest BCUT2D eigenvalue weighted by Gasteiger charge is -2.36. The molecule has 1 saturated heterocycles. The molecule has 1 atom stereocenters. The molecular formula is C19H24FN5O2S. The molecule has 0 radical (unpaired) electrons. The predicted octanol–water partition coefficient (Wildman–Crippen LogP) is 2.48. The summed E-state index contributed by atoms with van der Waals surface area (Å²) in [5.74, 6) is -0.948. The zero-order valence-electron chi connectivity index (χ0n) is 16.2. The average Bonchev–Trinajstić information content (AvgIpc) is 3.10. The fourth-order valence-corrected chi connectivity index (χ4v) is 3.88. The summed E-state index contributed by atoms with van der Waals surface area (Å²) in [5, 5.41) is 7.39. The van der Waals surface area contributed by atoms with Crippen molar-refractivity contribution in [1.29, 1.82) is 0 Å². The van der Waals surface area contributed by atoms with Crippen molar-refractivity contribution < 1.29 is 14.0 Å². The highest BCUT2D eigenvalue weighted by atomic mass is 32.1. The van der Waals surface area contributed by atoms with Gasteiger partial charge in [-0.25, -0.2) is 9.37 Å². The molecule has 3 rings (SSSR count). The second-order valence-corrected chi connectivity index (χ2v) is 7.77. The van der Waals surface area contributed by atoms with E-state index in [1.165, 1.54) is 30.4 Å². The topological polar surface area (TPSA) is 77.6 Å². The summed E-state index contributed by atoms with van der Waals surface area (Å²) < 4.78 is 13.9. The molecule has 1 aromatic heterocycles. The van der Waals surface area contributed by atoms with E-state index in [2.05, 4.69) is 32.5 Å². The molecule has 2 amide bonds. The van der Waals surface area contributed by atoms with Crippen LogP contribution in [0.1, 0.15) is 35.9 Å². The van der Waals surface area contributed by atoms with Gasteiger partial charge in [-0.2, -0.15) is 0 Å². The number of amides is 2. The van der Waals surface area contributed by atoms with E-state index in [1.807, 2.05) is 6.92 Å². The van der Waals surface area contributed by atoms with Gasteiger partial charge in [-0.05, 0) is 32.2 Å². The molecule has 0 saturated carbocycles. The first kappa shape index (κ1) is 20.2. The number of benzene rings is 1. The van der Waals surface area contributed by atoms with Gasteiger partial charge in [0.2, 0.25) is 5.91 Å². The van der Waals surface area contributed by atoms with Crippen molar-refractivity contribution in [3.05, 3.63) is 40.7 Å². The Morgan fingerprint density at radius 2 is 1.96 bits per heavy atom. The van der Waals surface area contributed by atoms with Crippen LogP contribution in [0.3, 0.4) is 0 Å². The van der Waals surface area contributed by atoms with Crippen molar-refractivity contribution in [1.82, 2.24) is 15.2 Å². The van der Waals surface area contributed by atoms with Gasteiger partial charge in [0, 0.05) is 49.7 Å². The minimum atomic E-state index is -0.399. The van der Waals surface area contributed by atoms with E-state index in [1.54, 1.807) is 11.4 Å². The maximum absolute atomic E-state index is 13.9. The average molecular weight is 405 g/mol. The van der Waals surface area contributed by atoms with Gasteiger partial charge in [0.25, 0.3) is 5.91 Å². The van der Waals surface area contributed by atoms with Gasteiger partial charge in [-0.3, -0.25) is 9.59 Å². The van der Waals surface area contributed by atoms with Crippen LogP contribution in [0.2, 0.25) is 0 Å². The number of thiazole rings is 1. The Bertz CT molecular complexity index is 864. The minimum Gasteiger partial charge on any atom is -0.369 e. The molecule has 28 heavy (non-hydrogen) atoms. The number of anilines is 2. The van der Waals surface area contributed by atoms with Crippen molar-refractivity contribution >= 4 is 34.0 Å². The molecule has 1 aliphatic rings. The van der Waals surface area contributed by atoms with Crippen LogP contribution in [0.5, 0.6) is 0 Å². The van der Waals surface area contributed by atoms with Gasteiger partial charge in [0.15, 0.2) is 5.13 Å². The number of rotatable bonds is 5. The highest BCUT2D eigenvalue weighted by molar-refractivity contribution is 7.14. The fraction of sp³-hybridized carbons (Fsp3) is 0.421. The Labute approximate surface area is 167 Å². The number of carbonyl (C=O) groups excluding carboxylic acids is 2. The molecule has 9 heteroatoms. The van der Waals surface area contributed by atoms with Gasteiger partial charge in [-0.15, -0.1) is 11.3 Å². The third kappa shape index (κ3) is 4.85. The summed E-state index contributed by atoms with van der Waals surface area (Å²) in [6.45, 7) is 6.77. The smallest absolute Gasteiger partial charge is 0.271 e. The lowest BCUT2D eigenvalue weighted by molar-refractivity contribution is -0.114. The maximum Gasteiger partial charge on any atom is 0.271 e. The Kier molecular flexibility index (Phi) is 6.25. The van der Waals surface area contributed by atoms with Crippen LogP contribution in [0.4, 0.5) is 15.2 Å². The standard InChI is InChI=1S/C19H24FN5O2S/c1-12(21-18(27)16-11-28-19(23-16)22-13(2)26)15-10-14(20)4-5-17(15)25-8-6-24(3)7-9-25/h4-5,10-12H,6-9H2,1-3H3,(H,21,27)(H,22,23,26). The molecule has 2 N–H and O–H groups in total. The summed E-state index contributed by atoms with van der Waals surface area (Å²) in [5.41, 5.74) is 1.88. The highest BCUT2D eigenvalue weighted by Crippen LogP contribution is 2.28. The van der Waals surface area contributed by atoms with Gasteiger partial charge < -0.3 is 20.4 Å². The first-order chi connectivity index (χ1) is 13.3. The molecule has 2 aromatic rings. The van der Waals surface area contributed by atoms with E-state index in [9.17, 15) is 14.0 Å². The largest absolute Gasteiger partial charge is 0.369 e. The van der Waals surface area contributed by atoms with Crippen LogP contribution >= 0.6 is 11.3 Å². The van der Waals surface area contributed by atoms with Crippen LogP contribution in [-0.4, -0.2) is 54.9 Å². The molecule has 1 aliphatic heterocycles. The van der Waals surface area contributed by atoms with Crippen molar-refractivity contribution in [2.75, 3.05) is 43.4 Å². The van der Waals surface area contributed by atoms with Crippen molar-refractivity contribution in [2.45, 2.75) is 19.9 Å². The Morgan fingerprint density at radius 3 is 2.64 bits per heavy atom. The van der Waals surface area contributed by atoms with E-state index < -0.39 is 6.04 Å². The van der Waals surface area contributed by atoms with E-state index >= 15 is 0 Å². The van der Waals surface area contributed by atoms with E-state index in [0.29, 0.717) is 5.13 Å². The summed E-state index contributed by atoms with van der Waals surface area (Å²) >= 11 is 1.18. The van der Waals surface area contributed by atoms with E-state index in [4.69, 9.17) is 0 Å². The van der Waals surface area contributed by atoms with Gasteiger partial charge in [0.05, 0.1) is 6.04 Å². The molecule has 7 nitrogen and oxygen atoms in total. The normalized spacial score (nSPS) is 15.9. The summed E-state index contributed by atoms with van der Waals surface area (Å²) in [4.78, 5) is 32.2. The number of hydrogen-bond acceptors (Lipinski definition) is 6. The number of carbonyl (C=O) groups is 2. The Morgan fingerprint density at radius 1 is 1.25 bits per heavy atom. The number of likely N-dealkylation sites (N-methyl/N-ethyl adjacent to an activating group) is 1. The number of nitrogens with one attached hydrogen (secondary N) is 2. The van der Waals surface area contributed by atoms with E-state index in [-0.39, 0.29) is 23.3 Å². The molecule has 0 bridgehead atoms. The molecule has 2 heterocycles. The number of nitrogens with zero attached hydrogens (tertiary/aromatic N) is 3. The van der Waals surface area contributed by atoms with Crippen LogP contribution in [0.25, 0.3) is 0 Å². The third-order valence-corrected chi connectivity index (χ3v) is 5.43. The number of piperazine rings is 1. The molecular weight excluding hydrogens is 381 g/mol. The van der Waals surface area contributed by atoms with Crippen LogP contribution in [-0.2, 0) is 4.79 Å². The van der Waals surface area contributed by atoms with Crippen molar-refractivity contribution in [3.63, 3.8) is 0 Å². The van der Waals surface area contributed by atoms with Crippen molar-refractivity contribution in [2.24, 2.45) is 0 Å². The minimum absolute atomic E-state index is 0.221. The number of halogens is 1. The summed E-state index contributed by atoms with van der Waals surface area (Å²) in [7, 11) is 2.08. The molecule has 1 aromatic carbocycles. The third-order valence-electron chi connectivity index (χ3n) is 4.67. The first-order valence-electron chi connectivity index (χ1n) is 9.10. The van der Waals surface area contributed by atoms with Gasteiger partial charge >= 0.3 is 0 Å². The molecule has 150 valence electrons. The van der Waals surface area contributed by atoms with Gasteiger partial charge in [-0.1, -0.05) is 0 Å². The summed E-state index contributed by atoms with van der Waals surface area (Å²) in [6, 6.07) is 4.30. The molecule has 1 fully saturated rings. The number of aromatic nitrogens is 1. The van der Waals surface area contributed by atoms with Gasteiger partial charge in [0.1, 0.15) is 11.5 Å². The lowest BCUT2D eigenvalue weighted by atomic mass is 10.0. The SMILES string of the molecule is CC(=O)Nc1nc(C(=O)NC(C)c2cc(F)ccc2N2CCN(C)CC2)cs1. The summed E-state index contributed by atoms with van der Waals surface area (Å²) in [6.07, 6.45) is 0. The van der Waals surface area contributed by atoms with Crippen LogP contribution in [0, 0.1) is 5.82 Å². The fourth-order valence-electron chi connectivity index (χ4n) is 3.14. The Hall–Kier alpha value is -2.52. The van der Waals surface area contributed by atoms with E-state index in [0.717, 1.165) is 37.4 Å².